The van der Waals surface area contributed by atoms with Crippen molar-refractivity contribution < 1.29 is 13.9 Å². The van der Waals surface area contributed by atoms with Gasteiger partial charge in [0, 0.05) is 24.7 Å². The fourth-order valence-electron chi connectivity index (χ4n) is 3.40. The van der Waals surface area contributed by atoms with Gasteiger partial charge in [-0.25, -0.2) is 9.37 Å². The van der Waals surface area contributed by atoms with Crippen LogP contribution in [-0.4, -0.2) is 34.7 Å². The van der Waals surface area contributed by atoms with Crippen LogP contribution < -0.4 is 10.9 Å². The maximum absolute atomic E-state index is 13.2. The average Bonchev–Trinajstić information content (AvgIpc) is 3.23. The summed E-state index contributed by atoms with van der Waals surface area (Å²) >= 11 is 0. The number of aromatic nitrogens is 2. The van der Waals surface area contributed by atoms with Crippen molar-refractivity contribution >= 4 is 16.9 Å². The number of fused-ring (bicyclic) bond motifs is 1. The lowest BCUT2D eigenvalue weighted by atomic mass is 10.1. The molecule has 0 radical (unpaired) electrons. The summed E-state index contributed by atoms with van der Waals surface area (Å²) in [5.41, 5.74) is 0.848. The first-order valence-corrected chi connectivity index (χ1v) is 9.24. The van der Waals surface area contributed by atoms with Crippen LogP contribution in [0.5, 0.6) is 0 Å². The highest BCUT2D eigenvalue weighted by atomic mass is 19.1. The molecule has 4 rings (SSSR count). The van der Waals surface area contributed by atoms with Crippen LogP contribution in [0.4, 0.5) is 4.39 Å². The van der Waals surface area contributed by atoms with E-state index in [4.69, 9.17) is 4.74 Å². The summed E-state index contributed by atoms with van der Waals surface area (Å²) in [4.78, 5) is 30.0. The highest BCUT2D eigenvalue weighted by Gasteiger charge is 2.20. The minimum absolute atomic E-state index is 0.00693. The lowest BCUT2D eigenvalue weighted by Gasteiger charge is -2.14. The van der Waals surface area contributed by atoms with Crippen molar-refractivity contribution in [2.45, 2.75) is 25.5 Å². The molecule has 2 aromatic heterocycles. The Bertz CT molecular complexity index is 1060. The number of hydrogen-bond acceptors (Lipinski definition) is 4. The number of rotatable bonds is 5. The van der Waals surface area contributed by atoms with Gasteiger partial charge in [-0.05, 0) is 48.7 Å². The molecule has 1 aromatic carbocycles. The Morgan fingerprint density at radius 2 is 2.11 bits per heavy atom. The SMILES string of the molecule is O=C(NCC1CCCO1)c1cc2cccnc2n(Cc2ccc(F)cc2)c1=O. The van der Waals surface area contributed by atoms with Crippen molar-refractivity contribution in [2.24, 2.45) is 0 Å². The Labute approximate surface area is 161 Å². The Hall–Kier alpha value is -3.06. The number of amides is 1. The molecule has 1 saturated heterocycles. The first-order chi connectivity index (χ1) is 13.6. The summed E-state index contributed by atoms with van der Waals surface area (Å²) in [5.74, 6) is -0.777. The standard InChI is InChI=1S/C21H20FN3O3/c22-16-7-5-14(6-8-16)13-25-19-15(3-1-9-23-19)11-18(21(25)27)20(26)24-12-17-4-2-10-28-17/h1,3,5-9,11,17H,2,4,10,12-13H2,(H,24,26). The summed E-state index contributed by atoms with van der Waals surface area (Å²) in [6, 6.07) is 11.0. The number of carbonyl (C=O) groups excluding carboxylic acids is 1. The van der Waals surface area contributed by atoms with E-state index in [1.165, 1.54) is 16.7 Å². The Morgan fingerprint density at radius 3 is 2.86 bits per heavy atom. The number of halogens is 1. The van der Waals surface area contributed by atoms with Crippen LogP contribution in [0.15, 0.2) is 53.5 Å². The van der Waals surface area contributed by atoms with Crippen molar-refractivity contribution in [1.82, 2.24) is 14.9 Å². The highest BCUT2D eigenvalue weighted by molar-refractivity contribution is 5.96. The summed E-state index contributed by atoms with van der Waals surface area (Å²) < 4.78 is 20.2. The Balaban J connectivity index is 1.69. The minimum Gasteiger partial charge on any atom is -0.376 e. The fraction of sp³-hybridized carbons (Fsp3) is 0.286. The lowest BCUT2D eigenvalue weighted by molar-refractivity contribution is 0.0856. The molecule has 1 atom stereocenters. The van der Waals surface area contributed by atoms with Crippen LogP contribution in [0.3, 0.4) is 0 Å². The van der Waals surface area contributed by atoms with Crippen LogP contribution in [0, 0.1) is 5.82 Å². The maximum atomic E-state index is 13.2. The topological polar surface area (TPSA) is 73.2 Å². The van der Waals surface area contributed by atoms with Crippen LogP contribution >= 0.6 is 0 Å². The smallest absolute Gasteiger partial charge is 0.265 e. The molecule has 6 nitrogen and oxygen atoms in total. The Kier molecular flexibility index (Phi) is 5.16. The van der Waals surface area contributed by atoms with Gasteiger partial charge >= 0.3 is 0 Å². The monoisotopic (exact) mass is 381 g/mol. The predicted octanol–water partition coefficient (Wildman–Crippen LogP) is 2.49. The molecule has 7 heteroatoms. The predicted molar refractivity (Wildman–Crippen MR) is 103 cm³/mol. The molecule has 0 bridgehead atoms. The van der Waals surface area contributed by atoms with E-state index in [2.05, 4.69) is 10.3 Å². The summed E-state index contributed by atoms with van der Waals surface area (Å²) in [6.07, 6.45) is 3.47. The van der Waals surface area contributed by atoms with Gasteiger partial charge in [0.15, 0.2) is 0 Å². The zero-order chi connectivity index (χ0) is 19.5. The van der Waals surface area contributed by atoms with Crippen LogP contribution in [-0.2, 0) is 11.3 Å². The van der Waals surface area contributed by atoms with Gasteiger partial charge in [-0.3, -0.25) is 14.2 Å². The van der Waals surface area contributed by atoms with Gasteiger partial charge in [0.1, 0.15) is 17.0 Å². The first-order valence-electron chi connectivity index (χ1n) is 9.24. The Morgan fingerprint density at radius 1 is 1.29 bits per heavy atom. The molecule has 1 N–H and O–H groups in total. The molecule has 0 aliphatic carbocycles. The van der Waals surface area contributed by atoms with E-state index in [9.17, 15) is 14.0 Å². The number of benzene rings is 1. The molecule has 1 amide bonds. The number of hydrogen-bond donors (Lipinski definition) is 1. The third-order valence-corrected chi connectivity index (χ3v) is 4.86. The number of carbonyl (C=O) groups is 1. The second-order valence-corrected chi connectivity index (χ2v) is 6.84. The van der Waals surface area contributed by atoms with E-state index in [0.717, 1.165) is 18.4 Å². The molecule has 0 saturated carbocycles. The minimum atomic E-state index is -0.431. The van der Waals surface area contributed by atoms with Gasteiger partial charge in [0.05, 0.1) is 12.6 Å². The first kappa shape index (κ1) is 18.3. The van der Waals surface area contributed by atoms with Gasteiger partial charge in [-0.15, -0.1) is 0 Å². The van der Waals surface area contributed by atoms with Crippen LogP contribution in [0.25, 0.3) is 11.0 Å². The molecule has 3 aromatic rings. The van der Waals surface area contributed by atoms with Gasteiger partial charge in [-0.2, -0.15) is 0 Å². The molecular formula is C21H20FN3O3. The lowest BCUT2D eigenvalue weighted by Crippen LogP contribution is -2.37. The second-order valence-electron chi connectivity index (χ2n) is 6.84. The zero-order valence-corrected chi connectivity index (χ0v) is 15.2. The van der Waals surface area contributed by atoms with E-state index in [1.807, 2.05) is 0 Å². The van der Waals surface area contributed by atoms with Gasteiger partial charge in [0.2, 0.25) is 0 Å². The normalized spacial score (nSPS) is 16.4. The fourth-order valence-corrected chi connectivity index (χ4v) is 3.40. The van der Waals surface area contributed by atoms with Crippen LogP contribution in [0.1, 0.15) is 28.8 Å². The molecule has 1 aliphatic rings. The summed E-state index contributed by atoms with van der Waals surface area (Å²) in [6.45, 7) is 1.27. The number of ether oxygens (including phenoxy) is 1. The van der Waals surface area contributed by atoms with E-state index >= 15 is 0 Å². The van der Waals surface area contributed by atoms with Crippen molar-refractivity contribution in [3.63, 3.8) is 0 Å². The maximum Gasteiger partial charge on any atom is 0.265 e. The van der Waals surface area contributed by atoms with Crippen molar-refractivity contribution in [2.75, 3.05) is 13.2 Å². The molecule has 3 heterocycles. The molecule has 144 valence electrons. The van der Waals surface area contributed by atoms with Crippen molar-refractivity contribution in [3.05, 3.63) is 76.0 Å². The third-order valence-electron chi connectivity index (χ3n) is 4.86. The van der Waals surface area contributed by atoms with E-state index in [1.54, 1.807) is 36.5 Å². The number of nitrogens with one attached hydrogen (secondary N) is 1. The van der Waals surface area contributed by atoms with E-state index in [0.29, 0.717) is 24.2 Å². The van der Waals surface area contributed by atoms with Crippen LogP contribution in [0.2, 0.25) is 0 Å². The zero-order valence-electron chi connectivity index (χ0n) is 15.2. The molecular weight excluding hydrogens is 361 g/mol. The summed E-state index contributed by atoms with van der Waals surface area (Å²) in [7, 11) is 0. The largest absolute Gasteiger partial charge is 0.376 e. The van der Waals surface area contributed by atoms with Gasteiger partial charge in [0.25, 0.3) is 11.5 Å². The molecule has 1 fully saturated rings. The number of pyridine rings is 2. The number of nitrogens with zero attached hydrogens (tertiary/aromatic N) is 2. The second kappa shape index (κ2) is 7.90. The van der Waals surface area contributed by atoms with E-state index < -0.39 is 11.5 Å². The molecule has 0 spiro atoms. The quantitative estimate of drug-likeness (QED) is 0.737. The summed E-state index contributed by atoms with van der Waals surface area (Å²) in [5, 5.41) is 3.48. The molecule has 1 unspecified atom stereocenters. The van der Waals surface area contributed by atoms with Gasteiger partial charge < -0.3 is 10.1 Å². The average molecular weight is 381 g/mol. The van der Waals surface area contributed by atoms with E-state index in [-0.39, 0.29) is 24.0 Å². The highest BCUT2D eigenvalue weighted by Crippen LogP contribution is 2.14. The molecule has 1 aliphatic heterocycles. The van der Waals surface area contributed by atoms with Crippen molar-refractivity contribution in [3.8, 4) is 0 Å². The molecule has 28 heavy (non-hydrogen) atoms. The van der Waals surface area contributed by atoms with Gasteiger partial charge in [-0.1, -0.05) is 12.1 Å². The third kappa shape index (κ3) is 3.80. The van der Waals surface area contributed by atoms with Crippen molar-refractivity contribution in [1.29, 1.82) is 0 Å².